The molecule has 2 aromatic carbocycles. The third-order valence-corrected chi connectivity index (χ3v) is 5.74. The van der Waals surface area contributed by atoms with Crippen LogP contribution < -0.4 is 11.1 Å². The Morgan fingerprint density at radius 2 is 1.56 bits per heavy atom. The van der Waals surface area contributed by atoms with Gasteiger partial charge in [0.1, 0.15) is 5.00 Å². The van der Waals surface area contributed by atoms with Gasteiger partial charge in [-0.25, -0.2) is 4.79 Å². The van der Waals surface area contributed by atoms with Gasteiger partial charge < -0.3 is 20.2 Å². The molecule has 1 unspecified atom stereocenters. The first kappa shape index (κ1) is 22.9. The lowest BCUT2D eigenvalue weighted by atomic mass is 10.1. The summed E-state index contributed by atoms with van der Waals surface area (Å²) in [4.78, 5) is 36.2. The Morgan fingerprint density at radius 1 is 0.971 bits per heavy atom. The van der Waals surface area contributed by atoms with Gasteiger partial charge in [-0.3, -0.25) is 9.59 Å². The Morgan fingerprint density at radius 3 is 2.15 bits per heavy atom. The summed E-state index contributed by atoms with van der Waals surface area (Å²) in [6, 6.07) is 15.6. The monoisotopic (exact) mass is 476 g/mol. The van der Waals surface area contributed by atoms with Gasteiger partial charge in [-0.2, -0.15) is 0 Å². The van der Waals surface area contributed by atoms with Gasteiger partial charge in [0.2, 0.25) is 11.8 Å². The van der Waals surface area contributed by atoms with Crippen molar-refractivity contribution >= 4 is 34.1 Å². The number of benzene rings is 2. The van der Waals surface area contributed by atoms with Crippen molar-refractivity contribution in [2.24, 2.45) is 5.73 Å². The second-order valence-electron chi connectivity index (χ2n) is 7.42. The average molecular weight is 477 g/mol. The smallest absolute Gasteiger partial charge is 0.338 e. The fourth-order valence-corrected chi connectivity index (χ4v) is 3.79. The molecule has 0 aliphatic rings. The quantitative estimate of drug-likeness (QED) is 0.384. The van der Waals surface area contributed by atoms with E-state index in [1.807, 2.05) is 31.2 Å². The number of hydrogen-bond acceptors (Lipinski definition) is 8. The third-order valence-electron chi connectivity index (χ3n) is 4.91. The van der Waals surface area contributed by atoms with E-state index in [0.29, 0.717) is 22.3 Å². The van der Waals surface area contributed by atoms with Gasteiger partial charge in [0.15, 0.2) is 6.10 Å². The molecule has 34 heavy (non-hydrogen) atoms. The van der Waals surface area contributed by atoms with Gasteiger partial charge >= 0.3 is 5.97 Å². The number of nitrogens with one attached hydrogen (secondary N) is 1. The number of aromatic nitrogens is 2. The van der Waals surface area contributed by atoms with Crippen LogP contribution in [0.3, 0.4) is 0 Å². The summed E-state index contributed by atoms with van der Waals surface area (Å²) in [6.07, 6.45) is -1.09. The minimum atomic E-state index is -1.09. The summed E-state index contributed by atoms with van der Waals surface area (Å²) in [5.74, 6) is -1.22. The van der Waals surface area contributed by atoms with E-state index in [9.17, 15) is 14.4 Å². The molecular formula is C24H20N4O5S. The molecule has 0 radical (unpaired) electrons. The van der Waals surface area contributed by atoms with Crippen LogP contribution in [-0.4, -0.2) is 34.1 Å². The van der Waals surface area contributed by atoms with Crippen LogP contribution in [0.1, 0.15) is 33.2 Å². The second-order valence-corrected chi connectivity index (χ2v) is 8.34. The van der Waals surface area contributed by atoms with Gasteiger partial charge in [0, 0.05) is 11.1 Å². The molecule has 0 spiro atoms. The maximum atomic E-state index is 12.5. The minimum absolute atomic E-state index is 0.194. The maximum Gasteiger partial charge on any atom is 0.338 e. The van der Waals surface area contributed by atoms with Crippen molar-refractivity contribution in [2.45, 2.75) is 20.0 Å². The van der Waals surface area contributed by atoms with Crippen LogP contribution in [0.4, 0.5) is 5.00 Å². The molecule has 2 amide bonds. The molecule has 4 rings (SSSR count). The van der Waals surface area contributed by atoms with E-state index in [2.05, 4.69) is 15.5 Å². The lowest BCUT2D eigenvalue weighted by Gasteiger charge is -2.13. The molecule has 9 nitrogen and oxygen atoms in total. The van der Waals surface area contributed by atoms with Crippen LogP contribution >= 0.6 is 11.3 Å². The standard InChI is InChI=1S/C24H20N4O5S/c1-13-3-5-15(6-4-13)21-27-28-22(33-21)16-7-9-17(10-8-16)24(31)32-14(2)20(30)26-23-18(19(25)29)11-12-34-23/h3-12,14H,1-2H3,(H2,25,29)(H,26,30). The first-order valence-electron chi connectivity index (χ1n) is 10.2. The summed E-state index contributed by atoms with van der Waals surface area (Å²) < 4.78 is 11.0. The molecule has 0 bridgehead atoms. The van der Waals surface area contributed by atoms with E-state index in [4.69, 9.17) is 14.9 Å². The number of nitrogens with two attached hydrogens (primary N) is 1. The number of rotatable bonds is 7. The zero-order valence-electron chi connectivity index (χ0n) is 18.3. The third kappa shape index (κ3) is 5.02. The Kier molecular flexibility index (Phi) is 6.51. The minimum Gasteiger partial charge on any atom is -0.449 e. The lowest BCUT2D eigenvalue weighted by molar-refractivity contribution is -0.123. The number of anilines is 1. The maximum absolute atomic E-state index is 12.5. The van der Waals surface area contributed by atoms with E-state index in [1.54, 1.807) is 29.6 Å². The number of primary amides is 1. The van der Waals surface area contributed by atoms with Crippen molar-refractivity contribution in [3.63, 3.8) is 0 Å². The number of amides is 2. The molecule has 0 saturated heterocycles. The van der Waals surface area contributed by atoms with Gasteiger partial charge in [-0.05, 0) is 61.7 Å². The van der Waals surface area contributed by atoms with Gasteiger partial charge in [-0.15, -0.1) is 21.5 Å². The van der Waals surface area contributed by atoms with Crippen molar-refractivity contribution in [3.05, 3.63) is 76.7 Å². The second kappa shape index (κ2) is 9.67. The average Bonchev–Trinajstić information content (AvgIpc) is 3.50. The highest BCUT2D eigenvalue weighted by Gasteiger charge is 2.21. The highest BCUT2D eigenvalue weighted by atomic mass is 32.1. The SMILES string of the molecule is Cc1ccc(-c2nnc(-c3ccc(C(=O)OC(C)C(=O)Nc4sccc4C(N)=O)cc3)o2)cc1. The topological polar surface area (TPSA) is 137 Å². The zero-order chi connectivity index (χ0) is 24.2. The number of aryl methyl sites for hydroxylation is 1. The van der Waals surface area contributed by atoms with Crippen molar-refractivity contribution < 1.29 is 23.5 Å². The Hall–Kier alpha value is -4.31. The molecule has 2 aromatic heterocycles. The first-order chi connectivity index (χ1) is 16.3. The molecule has 10 heteroatoms. The number of carbonyl (C=O) groups excluding carboxylic acids is 3. The van der Waals surface area contributed by atoms with Crippen molar-refractivity contribution in [1.29, 1.82) is 0 Å². The van der Waals surface area contributed by atoms with Crippen LogP contribution in [0.2, 0.25) is 0 Å². The summed E-state index contributed by atoms with van der Waals surface area (Å²) in [7, 11) is 0. The van der Waals surface area contributed by atoms with Crippen LogP contribution in [0.5, 0.6) is 0 Å². The summed E-state index contributed by atoms with van der Waals surface area (Å²) in [5.41, 5.74) is 8.28. The number of hydrogen-bond donors (Lipinski definition) is 2. The molecule has 3 N–H and O–H groups in total. The molecule has 0 aliphatic heterocycles. The molecular weight excluding hydrogens is 456 g/mol. The van der Waals surface area contributed by atoms with Crippen LogP contribution in [0.15, 0.2) is 64.4 Å². The molecule has 2 heterocycles. The Bertz CT molecular complexity index is 1340. The molecule has 0 fully saturated rings. The van der Waals surface area contributed by atoms with Crippen molar-refractivity contribution in [3.8, 4) is 22.9 Å². The summed E-state index contributed by atoms with van der Waals surface area (Å²) in [5, 5.41) is 12.6. The van der Waals surface area contributed by atoms with E-state index in [1.165, 1.54) is 13.0 Å². The molecule has 0 aliphatic carbocycles. The molecule has 0 saturated carbocycles. The largest absolute Gasteiger partial charge is 0.449 e. The molecule has 172 valence electrons. The number of esters is 1. The van der Waals surface area contributed by atoms with Crippen LogP contribution in [0, 0.1) is 6.92 Å². The summed E-state index contributed by atoms with van der Waals surface area (Å²) >= 11 is 1.15. The number of thiophene rings is 1. The van der Waals surface area contributed by atoms with Crippen LogP contribution in [-0.2, 0) is 9.53 Å². The Balaban J connectivity index is 1.39. The highest BCUT2D eigenvalue weighted by molar-refractivity contribution is 7.14. The highest BCUT2D eigenvalue weighted by Crippen LogP contribution is 2.25. The number of nitrogens with zero attached hydrogens (tertiary/aromatic N) is 2. The zero-order valence-corrected chi connectivity index (χ0v) is 19.1. The van der Waals surface area contributed by atoms with Crippen LogP contribution in [0.25, 0.3) is 22.9 Å². The van der Waals surface area contributed by atoms with E-state index in [-0.39, 0.29) is 11.1 Å². The van der Waals surface area contributed by atoms with E-state index < -0.39 is 23.9 Å². The predicted octanol–water partition coefficient (Wildman–Crippen LogP) is 4.06. The molecule has 1 atom stereocenters. The fourth-order valence-electron chi connectivity index (χ4n) is 3.00. The van der Waals surface area contributed by atoms with Crippen molar-refractivity contribution in [1.82, 2.24) is 10.2 Å². The van der Waals surface area contributed by atoms with Crippen molar-refractivity contribution in [2.75, 3.05) is 5.32 Å². The predicted molar refractivity (Wildman–Crippen MR) is 126 cm³/mol. The van der Waals surface area contributed by atoms with Gasteiger partial charge in [0.25, 0.3) is 11.8 Å². The summed E-state index contributed by atoms with van der Waals surface area (Å²) in [6.45, 7) is 3.43. The fraction of sp³-hybridized carbons (Fsp3) is 0.125. The number of carbonyl (C=O) groups is 3. The molecule has 4 aromatic rings. The van der Waals surface area contributed by atoms with E-state index in [0.717, 1.165) is 22.5 Å². The lowest BCUT2D eigenvalue weighted by Crippen LogP contribution is -2.30. The normalized spacial score (nSPS) is 11.6. The van der Waals surface area contributed by atoms with E-state index >= 15 is 0 Å². The van der Waals surface area contributed by atoms with Gasteiger partial charge in [0.05, 0.1) is 11.1 Å². The first-order valence-corrected chi connectivity index (χ1v) is 11.1. The van der Waals surface area contributed by atoms with Gasteiger partial charge in [-0.1, -0.05) is 17.7 Å². The Labute approximate surface area is 198 Å². The number of ether oxygens (including phenoxy) is 1.